The minimum absolute atomic E-state index is 0.0629. The van der Waals surface area contributed by atoms with Gasteiger partial charge in [-0.15, -0.1) is 0 Å². The molecule has 2 nitrogen and oxygen atoms in total. The van der Waals surface area contributed by atoms with E-state index in [1.165, 1.54) is 0 Å². The van der Waals surface area contributed by atoms with E-state index in [4.69, 9.17) is 0 Å². The van der Waals surface area contributed by atoms with E-state index in [1.54, 1.807) is 0 Å². The van der Waals surface area contributed by atoms with Gasteiger partial charge >= 0.3 is 0 Å². The van der Waals surface area contributed by atoms with Crippen LogP contribution in [0.2, 0.25) is 0 Å². The lowest BCUT2D eigenvalue weighted by molar-refractivity contribution is 0.0901. The van der Waals surface area contributed by atoms with Gasteiger partial charge < -0.3 is 4.98 Å². The van der Waals surface area contributed by atoms with Crippen molar-refractivity contribution in [1.29, 1.82) is 0 Å². The zero-order valence-corrected chi connectivity index (χ0v) is 10.9. The van der Waals surface area contributed by atoms with Crippen LogP contribution in [0.5, 0.6) is 0 Å². The minimum atomic E-state index is 0.0629. The number of H-pyrrole nitrogens is 1. The second-order valence-corrected chi connectivity index (χ2v) is 5.07. The monoisotopic (exact) mass is 229 g/mol. The van der Waals surface area contributed by atoms with E-state index < -0.39 is 0 Å². The Morgan fingerprint density at radius 3 is 2.47 bits per heavy atom. The van der Waals surface area contributed by atoms with E-state index in [0.29, 0.717) is 5.92 Å². The molecular formula is C15H19NO. The zero-order valence-electron chi connectivity index (χ0n) is 10.9. The number of carbonyl (C=O) groups excluding carboxylic acids is 1. The van der Waals surface area contributed by atoms with Crippen LogP contribution in [0.25, 0.3) is 10.9 Å². The normalized spacial score (nSPS) is 13.2. The fourth-order valence-electron chi connectivity index (χ4n) is 2.12. The Morgan fingerprint density at radius 2 is 1.82 bits per heavy atom. The molecule has 0 amide bonds. The highest BCUT2D eigenvalue weighted by Crippen LogP contribution is 2.26. The Bertz CT molecular complexity index is 551. The van der Waals surface area contributed by atoms with E-state index >= 15 is 0 Å². The van der Waals surface area contributed by atoms with E-state index in [-0.39, 0.29) is 11.7 Å². The number of ketones is 1. The second-order valence-electron chi connectivity index (χ2n) is 5.07. The molecule has 0 aliphatic heterocycles. The summed E-state index contributed by atoms with van der Waals surface area (Å²) in [6.45, 7) is 8.16. The first-order valence-corrected chi connectivity index (χ1v) is 6.14. The Hall–Kier alpha value is -1.57. The number of aromatic nitrogens is 1. The minimum Gasteiger partial charge on any atom is -0.358 e. The van der Waals surface area contributed by atoms with Gasteiger partial charge in [0.1, 0.15) is 0 Å². The maximum absolute atomic E-state index is 12.5. The smallest absolute Gasteiger partial charge is 0.168 e. The Balaban J connectivity index is 2.55. The molecule has 0 aliphatic rings. The molecule has 0 saturated heterocycles. The summed E-state index contributed by atoms with van der Waals surface area (Å²) in [5.74, 6) is 0.679. The van der Waals surface area contributed by atoms with E-state index in [9.17, 15) is 4.79 Å². The molecule has 2 rings (SSSR count). The molecule has 90 valence electrons. The summed E-state index contributed by atoms with van der Waals surface area (Å²) in [6, 6.07) is 7.99. The summed E-state index contributed by atoms with van der Waals surface area (Å²) in [4.78, 5) is 15.7. The van der Waals surface area contributed by atoms with Crippen molar-refractivity contribution < 1.29 is 4.79 Å². The number of aryl methyl sites for hydroxylation is 1. The number of para-hydroxylation sites is 1. The lowest BCUT2D eigenvalue weighted by atomic mass is 9.88. The number of fused-ring (bicyclic) bond motifs is 1. The molecule has 1 aromatic heterocycles. The van der Waals surface area contributed by atoms with Gasteiger partial charge in [-0.25, -0.2) is 0 Å². The first-order valence-electron chi connectivity index (χ1n) is 6.14. The van der Waals surface area contributed by atoms with Crippen LogP contribution in [-0.2, 0) is 0 Å². The molecule has 0 aliphatic carbocycles. The summed E-state index contributed by atoms with van der Waals surface area (Å²) >= 11 is 0. The number of aromatic amines is 1. The van der Waals surface area contributed by atoms with Gasteiger partial charge in [0.25, 0.3) is 0 Å². The van der Waals surface area contributed by atoms with Crippen molar-refractivity contribution >= 4 is 16.7 Å². The number of nitrogens with one attached hydrogen (secondary N) is 1. The maximum Gasteiger partial charge on any atom is 0.168 e. The zero-order chi connectivity index (χ0) is 12.6. The van der Waals surface area contributed by atoms with Crippen molar-refractivity contribution in [1.82, 2.24) is 4.98 Å². The standard InChI is InChI=1S/C15H19NO/c1-9(2)10(3)15(17)14-11(4)16-13-8-6-5-7-12(13)14/h5-10,16H,1-4H3. The van der Waals surface area contributed by atoms with Crippen LogP contribution < -0.4 is 0 Å². The molecule has 1 heterocycles. The van der Waals surface area contributed by atoms with Crippen LogP contribution in [0.4, 0.5) is 0 Å². The largest absolute Gasteiger partial charge is 0.358 e. The van der Waals surface area contributed by atoms with Gasteiger partial charge in [-0.05, 0) is 18.9 Å². The molecule has 0 spiro atoms. The summed E-state index contributed by atoms with van der Waals surface area (Å²) in [5.41, 5.74) is 2.88. The van der Waals surface area contributed by atoms with Gasteiger partial charge in [0.2, 0.25) is 0 Å². The van der Waals surface area contributed by atoms with Crippen LogP contribution in [0.15, 0.2) is 24.3 Å². The molecule has 1 aromatic carbocycles. The topological polar surface area (TPSA) is 32.9 Å². The van der Waals surface area contributed by atoms with Crippen molar-refractivity contribution in [3.8, 4) is 0 Å². The van der Waals surface area contributed by atoms with E-state index in [0.717, 1.165) is 22.2 Å². The highest BCUT2D eigenvalue weighted by molar-refractivity contribution is 6.10. The molecule has 0 saturated carbocycles. The first kappa shape index (κ1) is 11.9. The molecule has 1 N–H and O–H groups in total. The number of carbonyl (C=O) groups is 1. The number of benzene rings is 1. The Morgan fingerprint density at radius 1 is 1.18 bits per heavy atom. The van der Waals surface area contributed by atoms with Crippen LogP contribution in [-0.4, -0.2) is 10.8 Å². The highest BCUT2D eigenvalue weighted by Gasteiger charge is 2.23. The average molecular weight is 229 g/mol. The van der Waals surface area contributed by atoms with Gasteiger partial charge in [0, 0.05) is 28.1 Å². The third-order valence-corrected chi connectivity index (χ3v) is 3.55. The highest BCUT2D eigenvalue weighted by atomic mass is 16.1. The molecule has 0 radical (unpaired) electrons. The summed E-state index contributed by atoms with van der Waals surface area (Å²) in [7, 11) is 0. The van der Waals surface area contributed by atoms with Gasteiger partial charge in [0.05, 0.1) is 0 Å². The fourth-order valence-corrected chi connectivity index (χ4v) is 2.12. The maximum atomic E-state index is 12.5. The third kappa shape index (κ3) is 1.99. The summed E-state index contributed by atoms with van der Waals surface area (Å²) in [5, 5.41) is 1.04. The number of rotatable bonds is 3. The lowest BCUT2D eigenvalue weighted by Crippen LogP contribution is -2.17. The molecule has 1 atom stereocenters. The van der Waals surface area contributed by atoms with E-state index in [2.05, 4.69) is 18.8 Å². The number of hydrogen-bond donors (Lipinski definition) is 1. The SMILES string of the molecule is Cc1[nH]c2ccccc2c1C(=O)C(C)C(C)C. The molecular weight excluding hydrogens is 210 g/mol. The lowest BCUT2D eigenvalue weighted by Gasteiger charge is -2.14. The predicted octanol–water partition coefficient (Wildman–Crippen LogP) is 3.95. The van der Waals surface area contributed by atoms with Gasteiger partial charge in [-0.1, -0.05) is 39.0 Å². The molecule has 2 aromatic rings. The van der Waals surface area contributed by atoms with Crippen molar-refractivity contribution in [3.05, 3.63) is 35.5 Å². The van der Waals surface area contributed by atoms with Gasteiger partial charge in [-0.3, -0.25) is 4.79 Å². The fraction of sp³-hybridized carbons (Fsp3) is 0.400. The van der Waals surface area contributed by atoms with Crippen LogP contribution >= 0.6 is 0 Å². The van der Waals surface area contributed by atoms with Crippen molar-refractivity contribution in [2.24, 2.45) is 11.8 Å². The van der Waals surface area contributed by atoms with Gasteiger partial charge in [0.15, 0.2) is 5.78 Å². The van der Waals surface area contributed by atoms with Crippen molar-refractivity contribution in [2.75, 3.05) is 0 Å². The van der Waals surface area contributed by atoms with Gasteiger partial charge in [-0.2, -0.15) is 0 Å². The number of hydrogen-bond acceptors (Lipinski definition) is 1. The quantitative estimate of drug-likeness (QED) is 0.794. The van der Waals surface area contributed by atoms with Crippen molar-refractivity contribution in [2.45, 2.75) is 27.7 Å². The summed E-state index contributed by atoms with van der Waals surface area (Å²) < 4.78 is 0. The Labute approximate surface area is 102 Å². The average Bonchev–Trinajstić information content (AvgIpc) is 2.62. The molecule has 0 fully saturated rings. The molecule has 17 heavy (non-hydrogen) atoms. The number of Topliss-reactive ketones (excluding diaryl/α,β-unsaturated/α-hetero) is 1. The summed E-state index contributed by atoms with van der Waals surface area (Å²) in [6.07, 6.45) is 0. The van der Waals surface area contributed by atoms with Crippen molar-refractivity contribution in [3.63, 3.8) is 0 Å². The van der Waals surface area contributed by atoms with Crippen LogP contribution in [0, 0.1) is 18.8 Å². The predicted molar refractivity (Wildman–Crippen MR) is 71.4 cm³/mol. The first-order chi connectivity index (χ1) is 8.02. The van der Waals surface area contributed by atoms with E-state index in [1.807, 2.05) is 38.1 Å². The molecule has 0 bridgehead atoms. The van der Waals surface area contributed by atoms with Crippen LogP contribution in [0.3, 0.4) is 0 Å². The molecule has 1 unspecified atom stereocenters. The third-order valence-electron chi connectivity index (χ3n) is 3.55. The molecule has 2 heteroatoms. The second kappa shape index (κ2) is 4.36. The Kier molecular flexibility index (Phi) is 3.05. The van der Waals surface area contributed by atoms with Crippen LogP contribution in [0.1, 0.15) is 36.8 Å².